The van der Waals surface area contributed by atoms with Gasteiger partial charge in [0.2, 0.25) is 0 Å². The van der Waals surface area contributed by atoms with Gasteiger partial charge in [-0.1, -0.05) is 12.1 Å². The Morgan fingerprint density at radius 2 is 2.05 bits per heavy atom. The molecule has 0 radical (unpaired) electrons. The number of aromatic carboxylic acids is 1. The van der Waals surface area contributed by atoms with E-state index in [4.69, 9.17) is 10.8 Å². The van der Waals surface area contributed by atoms with Crippen LogP contribution in [-0.2, 0) is 0 Å². The van der Waals surface area contributed by atoms with Crippen LogP contribution in [0.15, 0.2) is 36.5 Å². The average molecular weight is 259 g/mol. The van der Waals surface area contributed by atoms with E-state index in [1.54, 1.807) is 6.07 Å². The Balaban J connectivity index is 2.53. The lowest BCUT2D eigenvalue weighted by Gasteiger charge is -2.04. The van der Waals surface area contributed by atoms with Gasteiger partial charge in [-0.25, -0.2) is 9.78 Å². The Kier molecular flexibility index (Phi) is 3.11. The summed E-state index contributed by atoms with van der Waals surface area (Å²) >= 11 is 0. The smallest absolute Gasteiger partial charge is 0.339 e. The van der Waals surface area contributed by atoms with Crippen molar-refractivity contribution in [1.82, 2.24) is 4.98 Å². The van der Waals surface area contributed by atoms with Gasteiger partial charge in [0.1, 0.15) is 11.4 Å². The molecule has 1 heterocycles. The maximum Gasteiger partial charge on any atom is 0.339 e. The molecule has 19 heavy (non-hydrogen) atoms. The Morgan fingerprint density at radius 3 is 2.68 bits per heavy atom. The van der Waals surface area contributed by atoms with Crippen LogP contribution in [0, 0.1) is 10.1 Å². The second-order valence-electron chi connectivity index (χ2n) is 3.77. The lowest BCUT2D eigenvalue weighted by Crippen LogP contribution is -2.04. The minimum Gasteiger partial charge on any atom is -0.478 e. The van der Waals surface area contributed by atoms with Gasteiger partial charge < -0.3 is 10.8 Å². The normalized spacial score (nSPS) is 10.1. The van der Waals surface area contributed by atoms with Crippen LogP contribution < -0.4 is 5.73 Å². The Bertz CT molecular complexity index is 670. The molecule has 3 N–H and O–H groups in total. The van der Waals surface area contributed by atoms with Crippen LogP contribution in [-0.4, -0.2) is 21.0 Å². The minimum absolute atomic E-state index is 0.0776. The van der Waals surface area contributed by atoms with Crippen LogP contribution in [0.1, 0.15) is 10.4 Å². The van der Waals surface area contributed by atoms with Crippen LogP contribution in [0.5, 0.6) is 0 Å². The van der Waals surface area contributed by atoms with E-state index < -0.39 is 10.9 Å². The summed E-state index contributed by atoms with van der Waals surface area (Å²) < 4.78 is 0. The second kappa shape index (κ2) is 4.73. The number of non-ortho nitro benzene ring substituents is 1. The van der Waals surface area contributed by atoms with Gasteiger partial charge in [0.05, 0.1) is 4.92 Å². The number of benzene rings is 1. The number of carboxylic acid groups (broad SMARTS) is 1. The van der Waals surface area contributed by atoms with E-state index in [2.05, 4.69) is 4.98 Å². The molecule has 0 aliphatic rings. The zero-order valence-electron chi connectivity index (χ0n) is 9.61. The highest BCUT2D eigenvalue weighted by atomic mass is 16.6. The molecule has 2 aromatic rings. The molecule has 0 spiro atoms. The summed E-state index contributed by atoms with van der Waals surface area (Å²) in [7, 11) is 0. The first-order chi connectivity index (χ1) is 8.99. The Hall–Kier alpha value is -2.96. The molecule has 0 aliphatic heterocycles. The molecule has 0 bridgehead atoms. The standard InChI is InChI=1S/C12H9N3O4/c13-11-10(12(16)17)5-8(6-14-11)7-2-1-3-9(4-7)15(18)19/h1-6H,(H2,13,14)(H,16,17). The van der Waals surface area contributed by atoms with Crippen LogP contribution in [0.2, 0.25) is 0 Å². The van der Waals surface area contributed by atoms with Gasteiger partial charge in [-0.05, 0) is 11.6 Å². The molecule has 0 amide bonds. The van der Waals surface area contributed by atoms with Crippen molar-refractivity contribution >= 4 is 17.5 Å². The lowest BCUT2D eigenvalue weighted by molar-refractivity contribution is -0.384. The largest absolute Gasteiger partial charge is 0.478 e. The van der Waals surface area contributed by atoms with Gasteiger partial charge >= 0.3 is 5.97 Å². The van der Waals surface area contributed by atoms with E-state index in [0.29, 0.717) is 11.1 Å². The van der Waals surface area contributed by atoms with Crippen molar-refractivity contribution in [3.05, 3.63) is 52.2 Å². The highest BCUT2D eigenvalue weighted by molar-refractivity contribution is 5.94. The average Bonchev–Trinajstić information content (AvgIpc) is 2.39. The zero-order chi connectivity index (χ0) is 14.0. The lowest BCUT2D eigenvalue weighted by atomic mass is 10.0. The van der Waals surface area contributed by atoms with E-state index in [-0.39, 0.29) is 17.1 Å². The van der Waals surface area contributed by atoms with Gasteiger partial charge in [-0.3, -0.25) is 10.1 Å². The van der Waals surface area contributed by atoms with E-state index >= 15 is 0 Å². The van der Waals surface area contributed by atoms with Gasteiger partial charge in [0, 0.05) is 23.9 Å². The number of pyridine rings is 1. The quantitative estimate of drug-likeness (QED) is 0.642. The summed E-state index contributed by atoms with van der Waals surface area (Å²) in [6.45, 7) is 0. The molecule has 0 saturated carbocycles. The number of nitrogens with zero attached hydrogens (tertiary/aromatic N) is 2. The van der Waals surface area contributed by atoms with E-state index in [1.165, 1.54) is 30.5 Å². The molecule has 0 fully saturated rings. The predicted octanol–water partition coefficient (Wildman–Crippen LogP) is 1.94. The third-order valence-electron chi connectivity index (χ3n) is 2.54. The number of aromatic nitrogens is 1. The van der Waals surface area contributed by atoms with Gasteiger partial charge in [0.25, 0.3) is 5.69 Å². The SMILES string of the molecule is Nc1ncc(-c2cccc([N+](=O)[O-])c2)cc1C(=O)O. The maximum absolute atomic E-state index is 11.0. The number of carboxylic acids is 1. The number of anilines is 1. The molecule has 96 valence electrons. The Labute approximate surface area is 107 Å². The van der Waals surface area contributed by atoms with Crippen molar-refractivity contribution in [3.63, 3.8) is 0 Å². The van der Waals surface area contributed by atoms with Gasteiger partial charge in [-0.2, -0.15) is 0 Å². The highest BCUT2D eigenvalue weighted by Gasteiger charge is 2.12. The molecule has 2 rings (SSSR count). The third kappa shape index (κ3) is 2.49. The molecular weight excluding hydrogens is 250 g/mol. The summed E-state index contributed by atoms with van der Waals surface area (Å²) in [4.78, 5) is 24.9. The second-order valence-corrected chi connectivity index (χ2v) is 3.77. The monoisotopic (exact) mass is 259 g/mol. The van der Waals surface area contributed by atoms with Crippen LogP contribution in [0.25, 0.3) is 11.1 Å². The fourth-order valence-electron chi connectivity index (χ4n) is 1.60. The molecule has 1 aromatic heterocycles. The number of nitrogen functional groups attached to an aromatic ring is 1. The zero-order valence-corrected chi connectivity index (χ0v) is 9.61. The number of hydrogen-bond donors (Lipinski definition) is 2. The van der Waals surface area contributed by atoms with Crippen molar-refractivity contribution in [2.24, 2.45) is 0 Å². The van der Waals surface area contributed by atoms with E-state index in [0.717, 1.165) is 0 Å². The van der Waals surface area contributed by atoms with Crippen LogP contribution in [0.3, 0.4) is 0 Å². The molecule has 0 unspecified atom stereocenters. The number of nitro groups is 1. The van der Waals surface area contributed by atoms with Crippen LogP contribution >= 0.6 is 0 Å². The van der Waals surface area contributed by atoms with Crippen molar-refractivity contribution in [2.75, 3.05) is 5.73 Å². The summed E-state index contributed by atoms with van der Waals surface area (Å²) in [5.74, 6) is -1.29. The molecule has 7 heteroatoms. The summed E-state index contributed by atoms with van der Waals surface area (Å²) in [5, 5.41) is 19.6. The van der Waals surface area contributed by atoms with E-state index in [1.807, 2.05) is 0 Å². The van der Waals surface area contributed by atoms with Crippen molar-refractivity contribution in [1.29, 1.82) is 0 Å². The van der Waals surface area contributed by atoms with Gasteiger partial charge in [0.15, 0.2) is 0 Å². The topological polar surface area (TPSA) is 119 Å². The highest BCUT2D eigenvalue weighted by Crippen LogP contribution is 2.25. The number of nitrogens with two attached hydrogens (primary N) is 1. The first-order valence-electron chi connectivity index (χ1n) is 5.22. The van der Waals surface area contributed by atoms with E-state index in [9.17, 15) is 14.9 Å². The first kappa shape index (κ1) is 12.5. The molecule has 0 aliphatic carbocycles. The van der Waals surface area contributed by atoms with Crippen LogP contribution in [0.4, 0.5) is 11.5 Å². The fourth-order valence-corrected chi connectivity index (χ4v) is 1.60. The third-order valence-corrected chi connectivity index (χ3v) is 2.54. The molecule has 1 aromatic carbocycles. The maximum atomic E-state index is 11.0. The van der Waals surface area contributed by atoms with Crippen molar-refractivity contribution < 1.29 is 14.8 Å². The van der Waals surface area contributed by atoms with Gasteiger partial charge in [-0.15, -0.1) is 0 Å². The Morgan fingerprint density at radius 1 is 1.32 bits per heavy atom. The number of nitro benzene ring substituents is 1. The number of carbonyl (C=O) groups is 1. The number of rotatable bonds is 3. The minimum atomic E-state index is -1.20. The van der Waals surface area contributed by atoms with Crippen molar-refractivity contribution in [2.45, 2.75) is 0 Å². The number of hydrogen-bond acceptors (Lipinski definition) is 5. The molecular formula is C12H9N3O4. The molecule has 0 atom stereocenters. The predicted molar refractivity (Wildman–Crippen MR) is 67.7 cm³/mol. The molecule has 7 nitrogen and oxygen atoms in total. The molecule has 0 saturated heterocycles. The first-order valence-corrected chi connectivity index (χ1v) is 5.22. The summed E-state index contributed by atoms with van der Waals surface area (Å²) in [5.41, 5.74) is 6.19. The van der Waals surface area contributed by atoms with Crippen molar-refractivity contribution in [3.8, 4) is 11.1 Å². The summed E-state index contributed by atoms with van der Waals surface area (Å²) in [6.07, 6.45) is 1.38. The fraction of sp³-hybridized carbons (Fsp3) is 0. The summed E-state index contributed by atoms with van der Waals surface area (Å²) in [6, 6.07) is 7.19.